The van der Waals surface area contributed by atoms with Crippen LogP contribution >= 0.6 is 11.8 Å². The van der Waals surface area contributed by atoms with Gasteiger partial charge in [-0.2, -0.15) is 4.31 Å². The average molecular weight is 530 g/mol. The molecule has 190 valence electrons. The molecular formula is C25H27N3O6S2. The molecule has 3 aromatic rings. The first kappa shape index (κ1) is 25.9. The topological polar surface area (TPSA) is 126 Å². The molecule has 1 aromatic heterocycles. The summed E-state index contributed by atoms with van der Waals surface area (Å²) in [6.45, 7) is 5.83. The number of hydrogen-bond donors (Lipinski definition) is 2. The van der Waals surface area contributed by atoms with E-state index in [-0.39, 0.29) is 36.2 Å². The number of nitrogens with zero attached hydrogens (tertiary/aromatic N) is 1. The lowest BCUT2D eigenvalue weighted by molar-refractivity contribution is -0.113. The number of nitrogens with one attached hydrogen (secondary N) is 2. The van der Waals surface area contributed by atoms with Crippen LogP contribution in [0.25, 0.3) is 0 Å². The monoisotopic (exact) mass is 529 g/mol. The Morgan fingerprint density at radius 3 is 2.39 bits per heavy atom. The lowest BCUT2D eigenvalue weighted by atomic mass is 10.1. The van der Waals surface area contributed by atoms with Crippen LogP contribution in [0.5, 0.6) is 0 Å². The molecular weight excluding hydrogens is 502 g/mol. The number of benzene rings is 1. The van der Waals surface area contributed by atoms with Gasteiger partial charge in [-0.25, -0.2) is 8.42 Å². The second kappa shape index (κ2) is 10.5. The summed E-state index contributed by atoms with van der Waals surface area (Å²) in [4.78, 5) is 37.7. The number of carbonyl (C=O) groups is 1. The molecule has 2 N–H and O–H groups in total. The molecule has 0 saturated heterocycles. The molecule has 1 aliphatic heterocycles. The smallest absolute Gasteiger partial charge is 0.253 e. The van der Waals surface area contributed by atoms with Crippen LogP contribution in [-0.4, -0.2) is 29.6 Å². The van der Waals surface area contributed by atoms with Gasteiger partial charge in [0.15, 0.2) is 4.58 Å². The van der Waals surface area contributed by atoms with Crippen LogP contribution in [0.15, 0.2) is 67.8 Å². The molecule has 1 aliphatic rings. The number of ketones is 1. The Morgan fingerprint density at radius 1 is 1.08 bits per heavy atom. The Kier molecular flexibility index (Phi) is 7.53. The summed E-state index contributed by atoms with van der Waals surface area (Å²) in [5.74, 6) is -0.0517. The number of aryl methyl sites for hydroxylation is 1. The molecule has 0 spiro atoms. The fraction of sp³-hybridized carbons (Fsp3) is 0.320. The third-order valence-corrected chi connectivity index (χ3v) is 9.72. The van der Waals surface area contributed by atoms with Crippen LogP contribution in [-0.2, 0) is 21.4 Å². The second-order valence-corrected chi connectivity index (χ2v) is 11.8. The molecule has 2 atom stereocenters. The first-order valence-corrected chi connectivity index (χ1v) is 14.0. The highest BCUT2D eigenvalue weighted by atomic mass is 32.3. The van der Waals surface area contributed by atoms with Crippen molar-refractivity contribution in [1.29, 1.82) is 0 Å². The summed E-state index contributed by atoms with van der Waals surface area (Å²) < 4.78 is 32.0. The van der Waals surface area contributed by atoms with Crippen molar-refractivity contribution in [3.8, 4) is 0 Å². The molecule has 9 nitrogen and oxygen atoms in total. The molecule has 11 heteroatoms. The van der Waals surface area contributed by atoms with E-state index in [1.165, 1.54) is 9.71 Å². The van der Waals surface area contributed by atoms with Gasteiger partial charge >= 0.3 is 0 Å². The molecule has 2 aromatic carbocycles. The van der Waals surface area contributed by atoms with Gasteiger partial charge in [-0.05, 0) is 35.9 Å². The molecule has 0 fully saturated rings. The van der Waals surface area contributed by atoms with E-state index in [9.17, 15) is 22.8 Å². The van der Waals surface area contributed by atoms with E-state index in [4.69, 9.17) is 4.42 Å². The summed E-state index contributed by atoms with van der Waals surface area (Å²) in [7, 11) is -3.99. The van der Waals surface area contributed by atoms with E-state index >= 15 is 0 Å². The van der Waals surface area contributed by atoms with E-state index in [1.807, 2.05) is 50.2 Å². The normalized spacial score (nSPS) is 16.9. The maximum absolute atomic E-state index is 13.3. The van der Waals surface area contributed by atoms with Crippen LogP contribution < -0.4 is 21.5 Å². The first-order valence-electron chi connectivity index (χ1n) is 11.5. The van der Waals surface area contributed by atoms with Crippen molar-refractivity contribution in [3.63, 3.8) is 0 Å². The highest BCUT2D eigenvalue weighted by molar-refractivity contribution is 8.16. The number of anilines is 2. The molecule has 2 heterocycles. The quantitative estimate of drug-likeness (QED) is 0.359. The van der Waals surface area contributed by atoms with Gasteiger partial charge < -0.3 is 15.1 Å². The van der Waals surface area contributed by atoms with E-state index in [0.29, 0.717) is 12.2 Å². The average Bonchev–Trinajstić information content (AvgIpc) is 3.47. The van der Waals surface area contributed by atoms with Crippen molar-refractivity contribution >= 4 is 38.9 Å². The third kappa shape index (κ3) is 4.91. The van der Waals surface area contributed by atoms with Crippen LogP contribution in [0.3, 0.4) is 0 Å². The number of thioether (sulfide) groups is 1. The number of rotatable bonds is 11. The minimum atomic E-state index is -3.99. The molecule has 0 aliphatic carbocycles. The largest absolute Gasteiger partial charge is 0.467 e. The van der Waals surface area contributed by atoms with Gasteiger partial charge in [0, 0.05) is 13.1 Å². The summed E-state index contributed by atoms with van der Waals surface area (Å²) in [5, 5.41) is 7.13. The fourth-order valence-corrected chi connectivity index (χ4v) is 7.08. The number of furan rings is 1. The van der Waals surface area contributed by atoms with Crippen molar-refractivity contribution in [2.45, 2.75) is 44.4 Å². The number of allylic oxidation sites excluding steroid dienone is 1. The number of sulfonamides is 1. The summed E-state index contributed by atoms with van der Waals surface area (Å²) >= 11 is 0.860. The SMILES string of the molecule is CC[C@@H](Nc1c(NC2=CSC(S(=O)(=O)N(CC)Cc3ccccc3)C2=O)c(=O)c1=O)c1cc(C)co1. The van der Waals surface area contributed by atoms with Crippen molar-refractivity contribution in [2.24, 2.45) is 0 Å². The predicted octanol–water partition coefficient (Wildman–Crippen LogP) is 3.49. The molecule has 0 amide bonds. The van der Waals surface area contributed by atoms with Crippen molar-refractivity contribution in [3.05, 3.63) is 91.1 Å². The highest BCUT2D eigenvalue weighted by Gasteiger charge is 2.42. The van der Waals surface area contributed by atoms with Gasteiger partial charge in [0.05, 0.1) is 18.0 Å². The molecule has 1 unspecified atom stereocenters. The molecule has 0 bridgehead atoms. The van der Waals surface area contributed by atoms with Gasteiger partial charge in [0.25, 0.3) is 10.9 Å². The molecule has 0 saturated carbocycles. The Labute approximate surface area is 213 Å². The zero-order valence-electron chi connectivity index (χ0n) is 20.1. The van der Waals surface area contributed by atoms with Crippen LogP contribution in [0.4, 0.5) is 11.4 Å². The summed E-state index contributed by atoms with van der Waals surface area (Å²) in [5.41, 5.74) is 0.201. The van der Waals surface area contributed by atoms with Gasteiger partial charge in [0.1, 0.15) is 17.1 Å². The van der Waals surface area contributed by atoms with E-state index < -0.39 is 31.2 Å². The highest BCUT2D eigenvalue weighted by Crippen LogP contribution is 2.35. The Hall–Kier alpha value is -3.15. The van der Waals surface area contributed by atoms with Crippen LogP contribution in [0.1, 0.15) is 43.2 Å². The Morgan fingerprint density at radius 2 is 1.78 bits per heavy atom. The number of Topliss-reactive ketones (excluding diaryl/α,β-unsaturated/α-hetero) is 1. The minimum absolute atomic E-state index is 0.0404. The molecule has 36 heavy (non-hydrogen) atoms. The fourth-order valence-electron chi connectivity index (χ4n) is 3.95. The van der Waals surface area contributed by atoms with E-state index in [1.54, 1.807) is 13.2 Å². The zero-order valence-corrected chi connectivity index (χ0v) is 21.7. The van der Waals surface area contributed by atoms with Crippen molar-refractivity contribution < 1.29 is 17.6 Å². The van der Waals surface area contributed by atoms with E-state index in [2.05, 4.69) is 10.6 Å². The molecule has 0 radical (unpaired) electrons. The summed E-state index contributed by atoms with van der Waals surface area (Å²) in [6.07, 6.45) is 2.18. The van der Waals surface area contributed by atoms with Crippen LogP contribution in [0, 0.1) is 6.92 Å². The Balaban J connectivity index is 1.49. The Bertz CT molecular complexity index is 1470. The lowest BCUT2D eigenvalue weighted by Gasteiger charge is -2.24. The standard InChI is InChI=1S/C25H27N3O6S2/c1-4-17(19-11-15(3)13-34-19)26-20-21(24(31)23(20)30)27-18-14-35-25(22(18)29)36(32,33)28(5-2)12-16-9-7-6-8-10-16/h6-11,13-14,17,25-27H,4-5,12H2,1-3H3/t17-,25?/m1/s1. The lowest BCUT2D eigenvalue weighted by Crippen LogP contribution is -2.41. The number of carbonyl (C=O) groups excluding carboxylic acids is 1. The minimum Gasteiger partial charge on any atom is -0.467 e. The van der Waals surface area contributed by atoms with Gasteiger partial charge in [-0.15, -0.1) is 11.8 Å². The van der Waals surface area contributed by atoms with Crippen molar-refractivity contribution in [1.82, 2.24) is 4.31 Å². The summed E-state index contributed by atoms with van der Waals surface area (Å²) in [6, 6.07) is 10.6. The predicted molar refractivity (Wildman–Crippen MR) is 141 cm³/mol. The second-order valence-electron chi connectivity index (χ2n) is 8.49. The van der Waals surface area contributed by atoms with E-state index in [0.717, 1.165) is 22.9 Å². The zero-order chi connectivity index (χ0) is 26.0. The number of hydrogen-bond acceptors (Lipinski definition) is 9. The molecule has 4 rings (SSSR count). The van der Waals surface area contributed by atoms with Gasteiger partial charge in [0.2, 0.25) is 15.8 Å². The maximum Gasteiger partial charge on any atom is 0.253 e. The first-order chi connectivity index (χ1) is 17.2. The van der Waals surface area contributed by atoms with Gasteiger partial charge in [-0.3, -0.25) is 14.4 Å². The third-order valence-electron chi connectivity index (χ3n) is 5.97. The van der Waals surface area contributed by atoms with Crippen molar-refractivity contribution in [2.75, 3.05) is 17.2 Å². The van der Waals surface area contributed by atoms with Crippen LogP contribution in [0.2, 0.25) is 0 Å². The maximum atomic E-state index is 13.3. The van der Waals surface area contributed by atoms with Gasteiger partial charge in [-0.1, -0.05) is 44.2 Å².